The van der Waals surface area contributed by atoms with Gasteiger partial charge < -0.3 is 9.47 Å². The Kier molecular flexibility index (Phi) is 9.62. The summed E-state index contributed by atoms with van der Waals surface area (Å²) in [5.74, 6) is 0.936. The first-order valence-corrected chi connectivity index (χ1v) is 7.37. The third kappa shape index (κ3) is 6.27. The minimum atomic E-state index is -0.366. The van der Waals surface area contributed by atoms with Crippen LogP contribution in [0.3, 0.4) is 0 Å². The quantitative estimate of drug-likeness (QED) is 0.463. The van der Waals surface area contributed by atoms with Crippen molar-refractivity contribution in [2.75, 3.05) is 7.11 Å². The Balaban J connectivity index is 0.00000112. The van der Waals surface area contributed by atoms with E-state index in [9.17, 15) is 4.79 Å². The van der Waals surface area contributed by atoms with Gasteiger partial charge in [-0.15, -0.1) is 12.8 Å². The summed E-state index contributed by atoms with van der Waals surface area (Å²) >= 11 is 0. The number of esters is 1. The van der Waals surface area contributed by atoms with Crippen molar-refractivity contribution in [3.8, 4) is 24.3 Å². The lowest BCUT2D eigenvalue weighted by atomic mass is 10.1. The molecule has 0 atom stereocenters. The standard InChI is InChI=1S/C16H16O3.C2H6.C2H2/c1-11-4-7-14(8-5-11)19-16(17)13-6-9-15(18-3)12(2)10-13;2*1-2/h4-10H,1-3H3;1-2H3;1-2H. The molecule has 0 aliphatic heterocycles. The maximum absolute atomic E-state index is 12.0. The molecule has 0 fully saturated rings. The molecule has 2 aromatic carbocycles. The second-order valence-electron chi connectivity index (χ2n) is 4.39. The van der Waals surface area contributed by atoms with E-state index in [0.717, 1.165) is 16.9 Å². The van der Waals surface area contributed by atoms with Crippen molar-refractivity contribution >= 4 is 5.97 Å². The number of rotatable bonds is 3. The zero-order valence-electron chi connectivity index (χ0n) is 14.4. The smallest absolute Gasteiger partial charge is 0.343 e. The van der Waals surface area contributed by atoms with Crippen LogP contribution in [0.5, 0.6) is 11.5 Å². The SMILES string of the molecule is C#C.CC.COc1ccc(C(=O)Oc2ccc(C)cc2)cc1C. The molecule has 0 aromatic heterocycles. The van der Waals surface area contributed by atoms with E-state index >= 15 is 0 Å². The number of terminal acetylenes is 1. The largest absolute Gasteiger partial charge is 0.496 e. The van der Waals surface area contributed by atoms with Gasteiger partial charge in [0.2, 0.25) is 0 Å². The summed E-state index contributed by atoms with van der Waals surface area (Å²) in [6, 6.07) is 12.6. The van der Waals surface area contributed by atoms with E-state index in [0.29, 0.717) is 11.3 Å². The molecule has 3 nitrogen and oxygen atoms in total. The number of methoxy groups -OCH3 is 1. The van der Waals surface area contributed by atoms with Gasteiger partial charge in [0, 0.05) is 0 Å². The van der Waals surface area contributed by atoms with Crippen LogP contribution in [0, 0.1) is 26.7 Å². The molecular formula is C20H24O3. The Morgan fingerprint density at radius 3 is 2.00 bits per heavy atom. The summed E-state index contributed by atoms with van der Waals surface area (Å²) in [6.07, 6.45) is 8.00. The van der Waals surface area contributed by atoms with Crippen LogP contribution in [0.4, 0.5) is 0 Å². The van der Waals surface area contributed by atoms with Crippen molar-refractivity contribution < 1.29 is 14.3 Å². The summed E-state index contributed by atoms with van der Waals surface area (Å²) in [5, 5.41) is 0. The molecule has 2 aromatic rings. The average molecular weight is 312 g/mol. The first-order chi connectivity index (χ1) is 11.1. The predicted molar refractivity (Wildman–Crippen MR) is 95.1 cm³/mol. The molecule has 0 saturated carbocycles. The van der Waals surface area contributed by atoms with Gasteiger partial charge in [-0.3, -0.25) is 0 Å². The fourth-order valence-electron chi connectivity index (χ4n) is 1.78. The molecule has 23 heavy (non-hydrogen) atoms. The van der Waals surface area contributed by atoms with E-state index in [4.69, 9.17) is 9.47 Å². The van der Waals surface area contributed by atoms with Gasteiger partial charge in [-0.1, -0.05) is 31.5 Å². The topological polar surface area (TPSA) is 35.5 Å². The Hall–Kier alpha value is -2.73. The summed E-state index contributed by atoms with van der Waals surface area (Å²) in [6.45, 7) is 7.87. The van der Waals surface area contributed by atoms with E-state index in [1.807, 2.05) is 39.8 Å². The van der Waals surface area contributed by atoms with Crippen LogP contribution < -0.4 is 9.47 Å². The second-order valence-corrected chi connectivity index (χ2v) is 4.39. The van der Waals surface area contributed by atoms with Crippen molar-refractivity contribution in [3.63, 3.8) is 0 Å². The molecule has 0 amide bonds. The number of hydrogen-bond donors (Lipinski definition) is 0. The highest BCUT2D eigenvalue weighted by atomic mass is 16.5. The minimum absolute atomic E-state index is 0.366. The van der Waals surface area contributed by atoms with Gasteiger partial charge in [-0.25, -0.2) is 4.79 Å². The highest BCUT2D eigenvalue weighted by Crippen LogP contribution is 2.20. The third-order valence-corrected chi connectivity index (χ3v) is 2.86. The molecule has 3 heteroatoms. The maximum atomic E-state index is 12.0. The van der Waals surface area contributed by atoms with Crippen LogP contribution in [0.15, 0.2) is 42.5 Å². The molecule has 0 aliphatic carbocycles. The van der Waals surface area contributed by atoms with Crippen molar-refractivity contribution in [2.45, 2.75) is 27.7 Å². The number of ether oxygens (including phenoxy) is 2. The van der Waals surface area contributed by atoms with Gasteiger partial charge in [-0.05, 0) is 49.7 Å². The van der Waals surface area contributed by atoms with Crippen LogP contribution in [-0.4, -0.2) is 13.1 Å². The van der Waals surface area contributed by atoms with Gasteiger partial charge in [-0.2, -0.15) is 0 Å². The highest BCUT2D eigenvalue weighted by Gasteiger charge is 2.10. The monoisotopic (exact) mass is 312 g/mol. The van der Waals surface area contributed by atoms with Gasteiger partial charge in [0.15, 0.2) is 0 Å². The molecule has 0 N–H and O–H groups in total. The molecule has 2 rings (SSSR count). The number of carbonyl (C=O) groups is 1. The van der Waals surface area contributed by atoms with Gasteiger partial charge in [0.05, 0.1) is 12.7 Å². The van der Waals surface area contributed by atoms with E-state index in [1.165, 1.54) is 0 Å². The number of aryl methyl sites for hydroxylation is 2. The number of hydrogen-bond acceptors (Lipinski definition) is 3. The molecule has 0 aliphatic rings. The van der Waals surface area contributed by atoms with Gasteiger partial charge in [0.25, 0.3) is 0 Å². The fraction of sp³-hybridized carbons (Fsp3) is 0.250. The molecule has 0 unspecified atom stereocenters. The number of carbonyl (C=O) groups excluding carboxylic acids is 1. The maximum Gasteiger partial charge on any atom is 0.343 e. The van der Waals surface area contributed by atoms with E-state index < -0.39 is 0 Å². The predicted octanol–water partition coefficient (Wildman–Crippen LogP) is 4.81. The highest BCUT2D eigenvalue weighted by molar-refractivity contribution is 5.91. The third-order valence-electron chi connectivity index (χ3n) is 2.86. The Morgan fingerprint density at radius 1 is 0.957 bits per heavy atom. The summed E-state index contributed by atoms with van der Waals surface area (Å²) in [4.78, 5) is 12.0. The fourth-order valence-corrected chi connectivity index (χ4v) is 1.78. The Bertz CT molecular complexity index is 625. The van der Waals surface area contributed by atoms with Crippen LogP contribution in [0.1, 0.15) is 35.3 Å². The van der Waals surface area contributed by atoms with Crippen LogP contribution in [0.2, 0.25) is 0 Å². The van der Waals surface area contributed by atoms with Crippen molar-refractivity contribution in [1.29, 1.82) is 0 Å². The van der Waals surface area contributed by atoms with E-state index in [-0.39, 0.29) is 5.97 Å². The molecular weight excluding hydrogens is 288 g/mol. The summed E-state index contributed by atoms with van der Waals surface area (Å²) in [5.41, 5.74) is 2.54. The average Bonchev–Trinajstić information content (AvgIpc) is 2.60. The molecule has 0 bridgehead atoms. The molecule has 0 saturated heterocycles. The molecule has 0 heterocycles. The Morgan fingerprint density at radius 2 is 1.52 bits per heavy atom. The zero-order chi connectivity index (χ0) is 17.8. The van der Waals surface area contributed by atoms with Crippen molar-refractivity contribution in [1.82, 2.24) is 0 Å². The summed E-state index contributed by atoms with van der Waals surface area (Å²) < 4.78 is 10.5. The summed E-state index contributed by atoms with van der Waals surface area (Å²) in [7, 11) is 1.60. The van der Waals surface area contributed by atoms with Crippen molar-refractivity contribution in [2.24, 2.45) is 0 Å². The van der Waals surface area contributed by atoms with E-state index in [2.05, 4.69) is 12.8 Å². The molecule has 0 spiro atoms. The van der Waals surface area contributed by atoms with E-state index in [1.54, 1.807) is 37.4 Å². The molecule has 0 radical (unpaired) electrons. The zero-order valence-corrected chi connectivity index (χ0v) is 14.4. The van der Waals surface area contributed by atoms with Crippen LogP contribution in [-0.2, 0) is 0 Å². The normalized spacial score (nSPS) is 8.65. The molecule has 122 valence electrons. The van der Waals surface area contributed by atoms with Gasteiger partial charge >= 0.3 is 5.97 Å². The Labute approximate surface area is 139 Å². The number of benzene rings is 2. The van der Waals surface area contributed by atoms with Crippen molar-refractivity contribution in [3.05, 3.63) is 59.2 Å². The minimum Gasteiger partial charge on any atom is -0.496 e. The second kappa shape index (κ2) is 10.9. The van der Waals surface area contributed by atoms with Crippen LogP contribution >= 0.6 is 0 Å². The lowest BCUT2D eigenvalue weighted by Crippen LogP contribution is -2.08. The van der Waals surface area contributed by atoms with Crippen LogP contribution in [0.25, 0.3) is 0 Å². The van der Waals surface area contributed by atoms with Gasteiger partial charge in [0.1, 0.15) is 11.5 Å². The first kappa shape index (κ1) is 20.3. The lowest BCUT2D eigenvalue weighted by Gasteiger charge is -2.08. The lowest BCUT2D eigenvalue weighted by molar-refractivity contribution is 0.0734. The first-order valence-electron chi connectivity index (χ1n) is 7.37.